The number of hydrogen-bond acceptors (Lipinski definition) is 8. The van der Waals surface area contributed by atoms with E-state index >= 15 is 0 Å². The first-order valence-corrected chi connectivity index (χ1v) is 12.4. The lowest BCUT2D eigenvalue weighted by Gasteiger charge is -2.14. The second kappa shape index (κ2) is 10.7. The van der Waals surface area contributed by atoms with Crippen LogP contribution in [0.15, 0.2) is 59.5 Å². The van der Waals surface area contributed by atoms with Gasteiger partial charge in [0.15, 0.2) is 11.5 Å². The molecule has 0 saturated carbocycles. The minimum absolute atomic E-state index is 0.00613. The summed E-state index contributed by atoms with van der Waals surface area (Å²) >= 11 is 0. The lowest BCUT2D eigenvalue weighted by molar-refractivity contribution is 0.305. The van der Waals surface area contributed by atoms with Gasteiger partial charge in [-0.25, -0.2) is 17.5 Å². The molecule has 0 atom stereocenters. The van der Waals surface area contributed by atoms with Crippen LogP contribution in [0.5, 0.6) is 17.4 Å². The van der Waals surface area contributed by atoms with Crippen LogP contribution >= 0.6 is 0 Å². The fourth-order valence-electron chi connectivity index (χ4n) is 3.27. The molecule has 1 N–H and O–H groups in total. The zero-order valence-electron chi connectivity index (χ0n) is 19.1. The van der Waals surface area contributed by atoms with Crippen LogP contribution in [0, 0.1) is 5.82 Å². The van der Waals surface area contributed by atoms with Crippen molar-refractivity contribution in [3.8, 4) is 28.8 Å². The maximum atomic E-state index is 13.2. The number of halogens is 1. The standard InChI is InChI=1S/C23H24FN5O5S/c1-3-32-18-9-10-20(19(15-18)33-4-2)35(30,31)25-13-14-34-22-12-11-21-26-27-23(29(21)28-22)16-5-7-17(24)8-6-16/h5-12,15,25H,3-4,13-14H2,1-2H3. The van der Waals surface area contributed by atoms with Gasteiger partial charge in [0.2, 0.25) is 15.9 Å². The molecule has 0 aliphatic heterocycles. The molecule has 0 aliphatic carbocycles. The summed E-state index contributed by atoms with van der Waals surface area (Å²) in [5, 5.41) is 12.5. The Kier molecular flexibility index (Phi) is 7.42. The van der Waals surface area contributed by atoms with Crippen LogP contribution in [0.1, 0.15) is 13.8 Å². The fourth-order valence-corrected chi connectivity index (χ4v) is 4.41. The summed E-state index contributed by atoms with van der Waals surface area (Å²) in [6.45, 7) is 4.38. The molecule has 0 bridgehead atoms. The Labute approximate surface area is 201 Å². The number of sulfonamides is 1. The van der Waals surface area contributed by atoms with Gasteiger partial charge in [-0.3, -0.25) is 0 Å². The van der Waals surface area contributed by atoms with Gasteiger partial charge in [0.1, 0.15) is 28.8 Å². The van der Waals surface area contributed by atoms with E-state index < -0.39 is 10.0 Å². The van der Waals surface area contributed by atoms with Gasteiger partial charge < -0.3 is 14.2 Å². The second-order valence-corrected chi connectivity index (χ2v) is 8.93. The van der Waals surface area contributed by atoms with Crippen molar-refractivity contribution in [1.82, 2.24) is 24.5 Å². The molecule has 12 heteroatoms. The number of nitrogens with zero attached hydrogens (tertiary/aromatic N) is 4. The summed E-state index contributed by atoms with van der Waals surface area (Å²) in [6.07, 6.45) is 0. The van der Waals surface area contributed by atoms with Crippen LogP contribution in [0.4, 0.5) is 4.39 Å². The Bertz CT molecular complexity index is 1410. The van der Waals surface area contributed by atoms with E-state index in [1.54, 1.807) is 43.3 Å². The van der Waals surface area contributed by atoms with Crippen LogP contribution in [-0.2, 0) is 10.0 Å². The highest BCUT2D eigenvalue weighted by atomic mass is 32.2. The Hall–Kier alpha value is -3.77. The molecule has 2 aromatic carbocycles. The monoisotopic (exact) mass is 501 g/mol. The first-order valence-electron chi connectivity index (χ1n) is 10.9. The van der Waals surface area contributed by atoms with Crippen molar-refractivity contribution in [1.29, 1.82) is 0 Å². The minimum Gasteiger partial charge on any atom is -0.494 e. The smallest absolute Gasteiger partial charge is 0.244 e. The maximum Gasteiger partial charge on any atom is 0.244 e. The molecular formula is C23H24FN5O5S. The molecule has 0 saturated heterocycles. The van der Waals surface area contributed by atoms with Crippen molar-refractivity contribution in [2.45, 2.75) is 18.7 Å². The summed E-state index contributed by atoms with van der Waals surface area (Å²) < 4.78 is 59.4. The lowest BCUT2D eigenvalue weighted by atomic mass is 10.2. The van der Waals surface area contributed by atoms with E-state index in [4.69, 9.17) is 14.2 Å². The van der Waals surface area contributed by atoms with Crippen molar-refractivity contribution < 1.29 is 27.0 Å². The third kappa shape index (κ3) is 5.66. The zero-order valence-corrected chi connectivity index (χ0v) is 20.0. The van der Waals surface area contributed by atoms with Gasteiger partial charge >= 0.3 is 0 Å². The third-order valence-electron chi connectivity index (χ3n) is 4.80. The molecule has 0 unspecified atom stereocenters. The Morgan fingerprint density at radius 2 is 1.71 bits per heavy atom. The van der Waals surface area contributed by atoms with Crippen molar-refractivity contribution in [2.24, 2.45) is 0 Å². The SMILES string of the molecule is CCOc1ccc(S(=O)(=O)NCCOc2ccc3nnc(-c4ccc(F)cc4)n3n2)c(OCC)c1. The summed E-state index contributed by atoms with van der Waals surface area (Å²) in [6, 6.07) is 13.6. The van der Waals surface area contributed by atoms with Crippen LogP contribution < -0.4 is 18.9 Å². The van der Waals surface area contributed by atoms with Gasteiger partial charge in [-0.15, -0.1) is 15.3 Å². The van der Waals surface area contributed by atoms with E-state index in [-0.39, 0.29) is 35.5 Å². The quantitative estimate of drug-likeness (QED) is 0.312. The van der Waals surface area contributed by atoms with Gasteiger partial charge in [-0.05, 0) is 56.3 Å². The van der Waals surface area contributed by atoms with E-state index in [1.165, 1.54) is 22.7 Å². The van der Waals surface area contributed by atoms with Crippen LogP contribution in [0.3, 0.4) is 0 Å². The first kappa shape index (κ1) is 24.4. The summed E-state index contributed by atoms with van der Waals surface area (Å²) in [7, 11) is -3.86. The van der Waals surface area contributed by atoms with Gasteiger partial charge in [-0.1, -0.05) is 0 Å². The average Bonchev–Trinajstić information content (AvgIpc) is 3.26. The molecule has 0 spiro atoms. The predicted molar refractivity (Wildman–Crippen MR) is 126 cm³/mol. The average molecular weight is 502 g/mol. The Balaban J connectivity index is 1.42. The van der Waals surface area contributed by atoms with E-state index in [9.17, 15) is 12.8 Å². The van der Waals surface area contributed by atoms with E-state index in [0.29, 0.717) is 36.0 Å². The van der Waals surface area contributed by atoms with Crippen molar-refractivity contribution in [2.75, 3.05) is 26.4 Å². The van der Waals surface area contributed by atoms with E-state index in [2.05, 4.69) is 20.0 Å². The number of fused-ring (bicyclic) bond motifs is 1. The molecule has 0 radical (unpaired) electrons. The highest BCUT2D eigenvalue weighted by Crippen LogP contribution is 2.29. The largest absolute Gasteiger partial charge is 0.494 e. The molecule has 2 heterocycles. The molecule has 4 rings (SSSR count). The van der Waals surface area contributed by atoms with Crippen molar-refractivity contribution in [3.05, 3.63) is 60.4 Å². The highest BCUT2D eigenvalue weighted by Gasteiger charge is 2.20. The number of ether oxygens (including phenoxy) is 3. The molecule has 0 fully saturated rings. The molecule has 4 aromatic rings. The molecular weight excluding hydrogens is 477 g/mol. The van der Waals surface area contributed by atoms with Crippen molar-refractivity contribution in [3.63, 3.8) is 0 Å². The lowest BCUT2D eigenvalue weighted by Crippen LogP contribution is -2.28. The van der Waals surface area contributed by atoms with Crippen molar-refractivity contribution >= 4 is 15.7 Å². The van der Waals surface area contributed by atoms with Crippen LogP contribution in [0.2, 0.25) is 0 Å². The third-order valence-corrected chi connectivity index (χ3v) is 6.30. The topological polar surface area (TPSA) is 117 Å². The molecule has 184 valence electrons. The minimum atomic E-state index is -3.86. The Morgan fingerprint density at radius 3 is 2.46 bits per heavy atom. The Morgan fingerprint density at radius 1 is 0.943 bits per heavy atom. The van der Waals surface area contributed by atoms with Gasteiger partial charge in [0.05, 0.1) is 13.2 Å². The summed E-state index contributed by atoms with van der Waals surface area (Å²) in [4.78, 5) is 0.00998. The number of nitrogens with one attached hydrogen (secondary N) is 1. The molecule has 0 aliphatic rings. The number of rotatable bonds is 11. The zero-order chi connectivity index (χ0) is 24.8. The van der Waals surface area contributed by atoms with E-state index in [1.807, 2.05) is 6.92 Å². The summed E-state index contributed by atoms with van der Waals surface area (Å²) in [5.74, 6) is 1.04. The predicted octanol–water partition coefficient (Wildman–Crippen LogP) is 3.09. The van der Waals surface area contributed by atoms with Gasteiger partial charge in [0, 0.05) is 24.2 Å². The molecule has 2 aromatic heterocycles. The van der Waals surface area contributed by atoms with Crippen LogP contribution in [0.25, 0.3) is 17.0 Å². The number of benzene rings is 2. The van der Waals surface area contributed by atoms with E-state index in [0.717, 1.165) is 0 Å². The number of hydrogen-bond donors (Lipinski definition) is 1. The highest BCUT2D eigenvalue weighted by molar-refractivity contribution is 7.89. The normalized spacial score (nSPS) is 11.5. The first-order chi connectivity index (χ1) is 16.9. The number of aromatic nitrogens is 4. The molecule has 35 heavy (non-hydrogen) atoms. The molecule has 10 nitrogen and oxygen atoms in total. The maximum absolute atomic E-state index is 13.2. The second-order valence-electron chi connectivity index (χ2n) is 7.19. The van der Waals surface area contributed by atoms with Gasteiger partial charge in [0.25, 0.3) is 0 Å². The van der Waals surface area contributed by atoms with Gasteiger partial charge in [-0.2, -0.15) is 4.52 Å². The molecule has 0 amide bonds. The fraction of sp³-hybridized carbons (Fsp3) is 0.261. The summed E-state index contributed by atoms with van der Waals surface area (Å²) in [5.41, 5.74) is 1.12. The van der Waals surface area contributed by atoms with Crippen LogP contribution in [-0.4, -0.2) is 54.6 Å².